The molecule has 0 heterocycles. The molecule has 0 unspecified atom stereocenters. The van der Waals surface area contributed by atoms with E-state index in [4.69, 9.17) is 0 Å². The van der Waals surface area contributed by atoms with Gasteiger partial charge in [-0.05, 0) is 12.2 Å². The van der Waals surface area contributed by atoms with Crippen molar-refractivity contribution in [2.75, 3.05) is 0 Å². The molecular formula is C5H9OS2. The molecular weight excluding hydrogens is 140 g/mol. The predicted molar refractivity (Wildman–Crippen MR) is 40.6 cm³/mol. The summed E-state index contributed by atoms with van der Waals surface area (Å²) in [6.45, 7) is 5.88. The molecule has 0 N–H and O–H groups in total. The van der Waals surface area contributed by atoms with Crippen LogP contribution in [-0.2, 0) is 5.11 Å². The van der Waals surface area contributed by atoms with Crippen LogP contribution >= 0.6 is 24.0 Å². The maximum atomic E-state index is 10.2. The quantitative estimate of drug-likeness (QED) is 0.492. The first-order chi connectivity index (χ1) is 3.42. The maximum absolute atomic E-state index is 10.2. The lowest BCUT2D eigenvalue weighted by atomic mass is 10.3. The molecule has 8 heavy (non-hydrogen) atoms. The van der Waals surface area contributed by atoms with E-state index in [-0.39, 0.29) is 9.13 Å². The molecule has 3 heteroatoms. The lowest BCUT2D eigenvalue weighted by molar-refractivity contribution is 0.455. The minimum atomic E-state index is -0.225. The van der Waals surface area contributed by atoms with Gasteiger partial charge in [-0.25, -0.2) is 0 Å². The van der Waals surface area contributed by atoms with Crippen LogP contribution < -0.4 is 0 Å². The molecule has 0 saturated carbocycles. The first kappa shape index (κ1) is 8.24. The summed E-state index contributed by atoms with van der Waals surface area (Å²) in [4.78, 5) is 0. The fraction of sp³-hybridized carbons (Fsp3) is 0.800. The van der Waals surface area contributed by atoms with Crippen LogP contribution in [-0.4, -0.2) is 9.13 Å². The van der Waals surface area contributed by atoms with Gasteiger partial charge in [-0.1, -0.05) is 32.5 Å². The predicted octanol–water partition coefficient (Wildman–Crippen LogP) is 2.23. The smallest absolute Gasteiger partial charge is 0.269 e. The molecule has 1 nitrogen and oxygen atoms in total. The summed E-state index contributed by atoms with van der Waals surface area (Å²) in [5.74, 6) is 0. The Morgan fingerprint density at radius 2 is 1.88 bits per heavy atom. The Morgan fingerprint density at radius 3 is 1.88 bits per heavy atom. The lowest BCUT2D eigenvalue weighted by Gasteiger charge is -2.12. The fourth-order valence-electron chi connectivity index (χ4n) is 0.250. The first-order valence-corrected chi connectivity index (χ1v) is 3.54. The summed E-state index contributed by atoms with van der Waals surface area (Å²) >= 11 is 5.54. The molecule has 0 rings (SSSR count). The van der Waals surface area contributed by atoms with E-state index < -0.39 is 0 Å². The largest absolute Gasteiger partial charge is 0.276 e. The number of thiocarbonyl (C=S) groups is 1. The highest BCUT2D eigenvalue weighted by Crippen LogP contribution is 2.23. The van der Waals surface area contributed by atoms with Crippen LogP contribution in [0.25, 0.3) is 0 Å². The van der Waals surface area contributed by atoms with Gasteiger partial charge in [0, 0.05) is 4.75 Å². The topological polar surface area (TPSA) is 19.9 Å². The van der Waals surface area contributed by atoms with Crippen molar-refractivity contribution in [1.29, 1.82) is 0 Å². The molecule has 0 aliphatic heterocycles. The molecule has 0 saturated heterocycles. The molecule has 47 valence electrons. The highest BCUT2D eigenvalue weighted by Gasteiger charge is 2.13. The summed E-state index contributed by atoms with van der Waals surface area (Å²) in [6.07, 6.45) is 0. The second-order valence-corrected chi connectivity index (χ2v) is 4.89. The fourth-order valence-corrected chi connectivity index (χ4v) is 1.50. The highest BCUT2D eigenvalue weighted by atomic mass is 32.2. The second-order valence-electron chi connectivity index (χ2n) is 2.46. The average molecular weight is 149 g/mol. The van der Waals surface area contributed by atoms with Crippen LogP contribution in [0.3, 0.4) is 0 Å². The Bertz CT molecular complexity index is 93.1. The Morgan fingerprint density at radius 1 is 1.50 bits per heavy atom. The zero-order chi connectivity index (χ0) is 6.78. The van der Waals surface area contributed by atoms with Gasteiger partial charge in [0.2, 0.25) is 0 Å². The summed E-state index contributed by atoms with van der Waals surface area (Å²) in [5.41, 5.74) is 0. The van der Waals surface area contributed by atoms with Crippen molar-refractivity contribution in [2.24, 2.45) is 0 Å². The molecule has 0 fully saturated rings. The Kier molecular flexibility index (Phi) is 2.77. The van der Waals surface area contributed by atoms with Crippen LogP contribution in [0.5, 0.6) is 0 Å². The van der Waals surface area contributed by atoms with Crippen LogP contribution in [0, 0.1) is 0 Å². The van der Waals surface area contributed by atoms with E-state index >= 15 is 0 Å². The van der Waals surface area contributed by atoms with Crippen molar-refractivity contribution in [3.05, 3.63) is 0 Å². The van der Waals surface area contributed by atoms with E-state index in [0.29, 0.717) is 0 Å². The minimum absolute atomic E-state index is 0.0150. The van der Waals surface area contributed by atoms with Crippen molar-refractivity contribution in [3.63, 3.8) is 0 Å². The van der Waals surface area contributed by atoms with Crippen molar-refractivity contribution < 1.29 is 5.11 Å². The third-order valence-electron chi connectivity index (χ3n) is 0.390. The van der Waals surface area contributed by atoms with E-state index in [9.17, 15) is 5.11 Å². The first-order valence-electron chi connectivity index (χ1n) is 2.32. The molecule has 0 aliphatic rings. The molecule has 0 amide bonds. The van der Waals surface area contributed by atoms with Gasteiger partial charge in [-0.3, -0.25) is 5.11 Å². The van der Waals surface area contributed by atoms with E-state index in [2.05, 4.69) is 12.2 Å². The highest BCUT2D eigenvalue weighted by molar-refractivity contribution is 8.23. The van der Waals surface area contributed by atoms with E-state index in [0.717, 1.165) is 0 Å². The summed E-state index contributed by atoms with van der Waals surface area (Å²) in [6, 6.07) is 0. The number of hydrogen-bond acceptors (Lipinski definition) is 2. The molecule has 1 radical (unpaired) electrons. The summed E-state index contributed by atoms with van der Waals surface area (Å²) < 4.78 is -0.240. The average Bonchev–Trinajstić information content (AvgIpc) is 1.21. The number of thioether (sulfide) groups is 1. The van der Waals surface area contributed by atoms with Gasteiger partial charge in [0.1, 0.15) is 0 Å². The van der Waals surface area contributed by atoms with E-state index in [1.165, 1.54) is 11.8 Å². The van der Waals surface area contributed by atoms with Gasteiger partial charge in [-0.15, -0.1) is 0 Å². The summed E-state index contributed by atoms with van der Waals surface area (Å²) in [5, 5.41) is 10.2. The van der Waals surface area contributed by atoms with E-state index in [1.807, 2.05) is 20.8 Å². The summed E-state index contributed by atoms with van der Waals surface area (Å²) in [7, 11) is 0. The standard InChI is InChI=1S/C5H9OS2/c1-5(2,3)8-4(6)7/h1-3H3. The van der Waals surface area contributed by atoms with Crippen LogP contribution in [0.1, 0.15) is 20.8 Å². The van der Waals surface area contributed by atoms with Gasteiger partial charge >= 0.3 is 0 Å². The molecule has 0 spiro atoms. The molecule has 0 aromatic heterocycles. The Balaban J connectivity index is 3.55. The van der Waals surface area contributed by atoms with Gasteiger partial charge in [0.25, 0.3) is 4.38 Å². The third-order valence-corrected chi connectivity index (χ3v) is 1.42. The zero-order valence-electron chi connectivity index (χ0n) is 5.22. The number of hydrogen-bond donors (Lipinski definition) is 0. The molecule has 0 atom stereocenters. The molecule has 0 aromatic carbocycles. The minimum Gasteiger partial charge on any atom is -0.269 e. The maximum Gasteiger partial charge on any atom is 0.276 e. The van der Waals surface area contributed by atoms with Gasteiger partial charge in [-0.2, -0.15) is 0 Å². The molecule has 0 aromatic rings. The van der Waals surface area contributed by atoms with Crippen LogP contribution in [0.4, 0.5) is 0 Å². The Labute approximate surface area is 59.5 Å². The molecule has 0 aliphatic carbocycles. The Hall–Kier alpha value is 0.240. The van der Waals surface area contributed by atoms with Crippen LogP contribution in [0.15, 0.2) is 0 Å². The third kappa shape index (κ3) is 6.24. The van der Waals surface area contributed by atoms with Crippen molar-refractivity contribution in [3.8, 4) is 0 Å². The van der Waals surface area contributed by atoms with E-state index in [1.54, 1.807) is 0 Å². The van der Waals surface area contributed by atoms with Gasteiger partial charge in [0.05, 0.1) is 0 Å². The van der Waals surface area contributed by atoms with Crippen LogP contribution in [0.2, 0.25) is 0 Å². The van der Waals surface area contributed by atoms with Gasteiger partial charge in [0.15, 0.2) is 0 Å². The van der Waals surface area contributed by atoms with Crippen molar-refractivity contribution >= 4 is 28.4 Å². The lowest BCUT2D eigenvalue weighted by Crippen LogP contribution is -2.09. The SMILES string of the molecule is CC(C)(C)SC([O])=S. The normalized spacial score (nSPS) is 11.4. The molecule has 0 bridgehead atoms. The second kappa shape index (κ2) is 2.69. The van der Waals surface area contributed by atoms with Crippen molar-refractivity contribution in [1.82, 2.24) is 0 Å². The van der Waals surface area contributed by atoms with Crippen molar-refractivity contribution in [2.45, 2.75) is 25.5 Å². The zero-order valence-corrected chi connectivity index (χ0v) is 6.86. The monoisotopic (exact) mass is 149 g/mol. The number of rotatable bonds is 0. The van der Waals surface area contributed by atoms with Gasteiger partial charge < -0.3 is 0 Å².